The minimum atomic E-state index is -0.379. The summed E-state index contributed by atoms with van der Waals surface area (Å²) in [6.45, 7) is 0. The molecule has 117 valence electrons. The molecule has 0 heterocycles. The van der Waals surface area contributed by atoms with Crippen LogP contribution in [0.2, 0.25) is 0 Å². The number of hydrogen-bond acceptors (Lipinski definition) is 3. The highest BCUT2D eigenvalue weighted by Crippen LogP contribution is 2.38. The molecule has 0 atom stereocenters. The van der Waals surface area contributed by atoms with Gasteiger partial charge in [0.2, 0.25) is 0 Å². The van der Waals surface area contributed by atoms with E-state index in [2.05, 4.69) is 12.1 Å². The second kappa shape index (κ2) is 5.73. The predicted octanol–water partition coefficient (Wildman–Crippen LogP) is 5.24. The first-order chi connectivity index (χ1) is 12.2. The summed E-state index contributed by atoms with van der Waals surface area (Å²) in [6, 6.07) is 25.3. The Hall–Kier alpha value is -3.71. The van der Waals surface area contributed by atoms with E-state index in [9.17, 15) is 15.4 Å². The summed E-state index contributed by atoms with van der Waals surface area (Å²) in [7, 11) is 0. The Labute approximate surface area is 143 Å². The van der Waals surface area contributed by atoms with Crippen molar-refractivity contribution in [1.82, 2.24) is 0 Å². The fourth-order valence-electron chi connectivity index (χ4n) is 3.13. The van der Waals surface area contributed by atoms with Crippen molar-refractivity contribution in [1.29, 1.82) is 5.26 Å². The van der Waals surface area contributed by atoms with Gasteiger partial charge in [-0.25, -0.2) is 0 Å². The summed E-state index contributed by atoms with van der Waals surface area (Å²) in [6.07, 6.45) is 0. The van der Waals surface area contributed by atoms with Gasteiger partial charge in [-0.2, -0.15) is 5.26 Å². The highest BCUT2D eigenvalue weighted by atomic mass is 16.6. The van der Waals surface area contributed by atoms with Crippen LogP contribution < -0.4 is 0 Å². The molecular formula is C21H11N2O2. The van der Waals surface area contributed by atoms with Gasteiger partial charge in [-0.1, -0.05) is 48.5 Å². The number of nitro benzene ring substituents is 1. The number of benzene rings is 4. The molecule has 0 bridgehead atoms. The van der Waals surface area contributed by atoms with E-state index in [-0.39, 0.29) is 10.6 Å². The highest BCUT2D eigenvalue weighted by Gasteiger charge is 2.19. The standard InChI is InChI=1S/C21H11N2O2/c22-13-17-6-3-5-15-8-9-16(12-19(15)17)21-18-7-2-1-4-14(18)10-11-20(21)23(24)25/h1-11H. The molecule has 4 heteroatoms. The molecule has 0 N–H and O–H groups in total. The summed E-state index contributed by atoms with van der Waals surface area (Å²) in [5.41, 5.74) is 1.67. The van der Waals surface area contributed by atoms with Crippen LogP contribution in [-0.2, 0) is 0 Å². The van der Waals surface area contributed by atoms with E-state index in [4.69, 9.17) is 0 Å². The lowest BCUT2D eigenvalue weighted by Crippen LogP contribution is -1.94. The molecule has 25 heavy (non-hydrogen) atoms. The van der Waals surface area contributed by atoms with Crippen LogP contribution in [0.3, 0.4) is 0 Å². The second-order valence-electron chi connectivity index (χ2n) is 5.69. The van der Waals surface area contributed by atoms with Crippen molar-refractivity contribution < 1.29 is 4.92 Å². The molecular weight excluding hydrogens is 312 g/mol. The lowest BCUT2D eigenvalue weighted by molar-refractivity contribution is -0.384. The van der Waals surface area contributed by atoms with Gasteiger partial charge in [-0.05, 0) is 33.9 Å². The van der Waals surface area contributed by atoms with E-state index in [0.717, 1.165) is 16.2 Å². The van der Waals surface area contributed by atoms with Gasteiger partial charge in [0.15, 0.2) is 0 Å². The lowest BCUT2D eigenvalue weighted by Gasteiger charge is -2.09. The van der Waals surface area contributed by atoms with Crippen LogP contribution in [0.1, 0.15) is 5.56 Å². The third kappa shape index (κ3) is 2.39. The third-order valence-corrected chi connectivity index (χ3v) is 4.28. The molecule has 4 nitrogen and oxygen atoms in total. The monoisotopic (exact) mass is 323 g/mol. The van der Waals surface area contributed by atoms with E-state index >= 15 is 0 Å². The van der Waals surface area contributed by atoms with Crippen LogP contribution in [0.15, 0.2) is 66.7 Å². The number of nitriles is 1. The fraction of sp³-hybridized carbons (Fsp3) is 0. The Kier molecular flexibility index (Phi) is 3.41. The quantitative estimate of drug-likeness (QED) is 0.374. The summed E-state index contributed by atoms with van der Waals surface area (Å²) in [4.78, 5) is 11.2. The third-order valence-electron chi connectivity index (χ3n) is 4.28. The molecule has 4 aromatic carbocycles. The topological polar surface area (TPSA) is 66.9 Å². The van der Waals surface area contributed by atoms with Crippen molar-refractivity contribution in [3.63, 3.8) is 0 Å². The van der Waals surface area contributed by atoms with Crippen molar-refractivity contribution in [2.24, 2.45) is 0 Å². The van der Waals surface area contributed by atoms with Crippen molar-refractivity contribution in [3.05, 3.63) is 88.5 Å². The minimum Gasteiger partial charge on any atom is -0.258 e. The van der Waals surface area contributed by atoms with Gasteiger partial charge in [-0.3, -0.25) is 10.1 Å². The van der Waals surface area contributed by atoms with Gasteiger partial charge < -0.3 is 0 Å². The van der Waals surface area contributed by atoms with Crippen LogP contribution in [0.25, 0.3) is 32.7 Å². The molecule has 0 amide bonds. The summed E-state index contributed by atoms with van der Waals surface area (Å²) in [5, 5.41) is 24.2. The molecule has 0 aliphatic heterocycles. The molecule has 0 aliphatic carbocycles. The first-order valence-corrected chi connectivity index (χ1v) is 7.71. The van der Waals surface area contributed by atoms with Gasteiger partial charge in [0.05, 0.1) is 22.1 Å². The van der Waals surface area contributed by atoms with Crippen LogP contribution in [-0.4, -0.2) is 4.92 Å². The SMILES string of the molecule is N#Cc1cccc2ccc(-c3c([N+](=O)[O-])ccc4ccccc34)[c]c12. The molecule has 0 saturated carbocycles. The summed E-state index contributed by atoms with van der Waals surface area (Å²) in [5.74, 6) is 0. The lowest BCUT2D eigenvalue weighted by atomic mass is 9.93. The highest BCUT2D eigenvalue weighted by molar-refractivity contribution is 6.03. The number of rotatable bonds is 2. The second-order valence-corrected chi connectivity index (χ2v) is 5.69. The van der Waals surface area contributed by atoms with Crippen LogP contribution in [0.4, 0.5) is 5.69 Å². The molecule has 0 spiro atoms. The van der Waals surface area contributed by atoms with E-state index < -0.39 is 0 Å². The van der Waals surface area contributed by atoms with Gasteiger partial charge >= 0.3 is 0 Å². The van der Waals surface area contributed by atoms with Gasteiger partial charge in [0, 0.05) is 17.5 Å². The number of nitro groups is 1. The molecule has 0 aromatic heterocycles. The molecule has 1 radical (unpaired) electrons. The molecule has 0 aliphatic rings. The minimum absolute atomic E-state index is 0.0312. The van der Waals surface area contributed by atoms with Crippen LogP contribution in [0.5, 0.6) is 0 Å². The maximum atomic E-state index is 11.6. The number of nitrogens with zero attached hydrogens (tertiary/aromatic N) is 2. The van der Waals surface area contributed by atoms with Gasteiger partial charge in [-0.15, -0.1) is 0 Å². The van der Waals surface area contributed by atoms with E-state index in [0.29, 0.717) is 22.1 Å². The van der Waals surface area contributed by atoms with E-state index in [1.807, 2.05) is 48.5 Å². The molecule has 0 saturated heterocycles. The molecule has 4 rings (SSSR count). The molecule has 4 aromatic rings. The average molecular weight is 323 g/mol. The van der Waals surface area contributed by atoms with Crippen molar-refractivity contribution >= 4 is 27.2 Å². The zero-order chi connectivity index (χ0) is 17.4. The van der Waals surface area contributed by atoms with Gasteiger partial charge in [0.25, 0.3) is 5.69 Å². The summed E-state index contributed by atoms with van der Waals surface area (Å²) >= 11 is 0. The average Bonchev–Trinajstić information content (AvgIpc) is 2.66. The predicted molar refractivity (Wildman–Crippen MR) is 97.1 cm³/mol. The maximum Gasteiger partial charge on any atom is 0.277 e. The normalized spacial score (nSPS) is 10.7. The Bertz CT molecular complexity index is 1190. The van der Waals surface area contributed by atoms with E-state index in [1.54, 1.807) is 12.1 Å². The first kappa shape index (κ1) is 14.9. The van der Waals surface area contributed by atoms with E-state index in [1.165, 1.54) is 6.07 Å². The maximum absolute atomic E-state index is 11.6. The zero-order valence-electron chi connectivity index (χ0n) is 13.1. The van der Waals surface area contributed by atoms with Crippen molar-refractivity contribution in [2.45, 2.75) is 0 Å². The van der Waals surface area contributed by atoms with Crippen molar-refractivity contribution in [2.75, 3.05) is 0 Å². The Morgan fingerprint density at radius 3 is 2.48 bits per heavy atom. The molecule has 0 unspecified atom stereocenters. The zero-order valence-corrected chi connectivity index (χ0v) is 13.1. The smallest absolute Gasteiger partial charge is 0.258 e. The van der Waals surface area contributed by atoms with Crippen LogP contribution in [0, 0.1) is 27.5 Å². The fourth-order valence-corrected chi connectivity index (χ4v) is 3.13. The van der Waals surface area contributed by atoms with Crippen LogP contribution >= 0.6 is 0 Å². The Morgan fingerprint density at radius 2 is 1.68 bits per heavy atom. The summed E-state index contributed by atoms with van der Waals surface area (Å²) < 4.78 is 0. The number of hydrogen-bond donors (Lipinski definition) is 0. The number of fused-ring (bicyclic) bond motifs is 2. The molecule has 0 fully saturated rings. The van der Waals surface area contributed by atoms with Crippen molar-refractivity contribution in [3.8, 4) is 17.2 Å². The Balaban J connectivity index is 2.11. The largest absolute Gasteiger partial charge is 0.277 e. The Morgan fingerprint density at radius 1 is 0.920 bits per heavy atom. The van der Waals surface area contributed by atoms with Gasteiger partial charge in [0.1, 0.15) is 0 Å². The first-order valence-electron chi connectivity index (χ1n) is 7.71.